The summed E-state index contributed by atoms with van der Waals surface area (Å²) in [6.07, 6.45) is 6.04. The molecule has 1 amide bonds. The molecule has 0 saturated carbocycles. The van der Waals surface area contributed by atoms with Crippen molar-refractivity contribution >= 4 is 24.0 Å². The summed E-state index contributed by atoms with van der Waals surface area (Å²) in [6, 6.07) is 12.2. The first kappa shape index (κ1) is 35.3. The molecule has 0 bridgehead atoms. The minimum absolute atomic E-state index is 0.0273. The summed E-state index contributed by atoms with van der Waals surface area (Å²) < 4.78 is 31.7. The molecule has 0 radical (unpaired) electrons. The Kier molecular flexibility index (Phi) is 14.2. The molecule has 0 aliphatic heterocycles. The van der Waals surface area contributed by atoms with E-state index in [0.717, 1.165) is 12.5 Å². The van der Waals surface area contributed by atoms with Crippen molar-refractivity contribution in [2.45, 2.75) is 38.6 Å². The standard InChI is InChI=1S/C34H37NO11/c1-4-30(36)42-21-6-5-20-41-26-11-7-24(8-12-26)32(38)44-27-15-17-28(18-16-27)45-33(39)25-9-13-29(14-10-25)46-34(40)35-19-22-43-31(37)23(2)3/h4,7-11,13-18,26,33,39H,1-2,5-6,12,19-22H2,3H3,(H,35,40). The predicted molar refractivity (Wildman–Crippen MR) is 166 cm³/mol. The number of hydrogen-bond donors (Lipinski definition) is 2. The van der Waals surface area contributed by atoms with Gasteiger partial charge in [0.25, 0.3) is 0 Å². The Morgan fingerprint density at radius 1 is 0.935 bits per heavy atom. The Labute approximate surface area is 266 Å². The van der Waals surface area contributed by atoms with E-state index in [1.807, 2.05) is 0 Å². The van der Waals surface area contributed by atoms with E-state index in [1.54, 1.807) is 42.5 Å². The lowest BCUT2D eigenvalue weighted by Crippen LogP contribution is -2.30. The van der Waals surface area contributed by atoms with Crippen LogP contribution in [0.3, 0.4) is 0 Å². The molecule has 2 N–H and O–H groups in total. The van der Waals surface area contributed by atoms with Gasteiger partial charge in [0.2, 0.25) is 6.29 Å². The van der Waals surface area contributed by atoms with Gasteiger partial charge >= 0.3 is 24.0 Å². The van der Waals surface area contributed by atoms with Gasteiger partial charge in [0.15, 0.2) is 0 Å². The normalized spacial score (nSPS) is 14.2. The molecule has 0 spiro atoms. The van der Waals surface area contributed by atoms with Crippen molar-refractivity contribution < 1.29 is 52.7 Å². The Balaban J connectivity index is 1.36. The quantitative estimate of drug-likeness (QED) is 0.0820. The molecule has 46 heavy (non-hydrogen) atoms. The van der Waals surface area contributed by atoms with Crippen LogP contribution in [0.1, 0.15) is 38.0 Å². The molecule has 0 fully saturated rings. The smallest absolute Gasteiger partial charge is 0.412 e. The summed E-state index contributed by atoms with van der Waals surface area (Å²) in [6.45, 7) is 9.17. The number of unbranched alkanes of at least 4 members (excludes halogenated alkanes) is 1. The molecule has 3 rings (SSSR count). The highest BCUT2D eigenvalue weighted by molar-refractivity contribution is 5.93. The number of nitrogens with one attached hydrogen (secondary N) is 1. The number of aliphatic hydroxyl groups is 1. The van der Waals surface area contributed by atoms with Gasteiger partial charge in [-0.05, 0) is 80.8 Å². The highest BCUT2D eigenvalue weighted by Crippen LogP contribution is 2.25. The third-order valence-electron chi connectivity index (χ3n) is 6.19. The van der Waals surface area contributed by atoms with E-state index >= 15 is 0 Å². The van der Waals surface area contributed by atoms with Crippen molar-refractivity contribution in [2.24, 2.45) is 0 Å². The lowest BCUT2D eigenvalue weighted by molar-refractivity contribution is -0.139. The third kappa shape index (κ3) is 12.4. The number of amides is 1. The summed E-state index contributed by atoms with van der Waals surface area (Å²) in [5, 5.41) is 12.9. The van der Waals surface area contributed by atoms with E-state index in [9.17, 15) is 24.3 Å². The minimum atomic E-state index is -1.32. The maximum Gasteiger partial charge on any atom is 0.412 e. The molecule has 244 valence electrons. The number of carbonyl (C=O) groups excluding carboxylic acids is 4. The van der Waals surface area contributed by atoms with Crippen LogP contribution in [0.25, 0.3) is 0 Å². The zero-order valence-corrected chi connectivity index (χ0v) is 25.5. The number of esters is 3. The van der Waals surface area contributed by atoms with Gasteiger partial charge in [-0.2, -0.15) is 0 Å². The summed E-state index contributed by atoms with van der Waals surface area (Å²) in [4.78, 5) is 46.8. The number of benzene rings is 2. The number of rotatable bonds is 17. The number of aliphatic hydroxyl groups excluding tert-OH is 1. The van der Waals surface area contributed by atoms with E-state index in [2.05, 4.69) is 18.5 Å². The lowest BCUT2D eigenvalue weighted by Gasteiger charge is -2.17. The molecule has 0 saturated heterocycles. The summed E-state index contributed by atoms with van der Waals surface area (Å²) >= 11 is 0. The molecular formula is C34H37NO11. The van der Waals surface area contributed by atoms with Crippen LogP contribution in [-0.2, 0) is 28.6 Å². The molecule has 1 aliphatic rings. The summed E-state index contributed by atoms with van der Waals surface area (Å²) in [5.41, 5.74) is 1.07. The van der Waals surface area contributed by atoms with Gasteiger partial charge in [0.05, 0.1) is 24.8 Å². The average Bonchev–Trinajstić information content (AvgIpc) is 3.05. The average molecular weight is 636 g/mol. The third-order valence-corrected chi connectivity index (χ3v) is 6.19. The molecule has 0 aromatic heterocycles. The van der Waals surface area contributed by atoms with Crippen LogP contribution in [0.5, 0.6) is 17.2 Å². The topological polar surface area (TPSA) is 156 Å². The van der Waals surface area contributed by atoms with Crippen molar-refractivity contribution in [3.05, 3.63) is 103 Å². The highest BCUT2D eigenvalue weighted by Gasteiger charge is 2.17. The van der Waals surface area contributed by atoms with E-state index in [0.29, 0.717) is 48.7 Å². The van der Waals surface area contributed by atoms with Crippen molar-refractivity contribution in [2.75, 3.05) is 26.4 Å². The first-order valence-electron chi connectivity index (χ1n) is 14.5. The van der Waals surface area contributed by atoms with Gasteiger partial charge in [-0.3, -0.25) is 0 Å². The van der Waals surface area contributed by atoms with Crippen LogP contribution >= 0.6 is 0 Å². The molecule has 12 heteroatoms. The zero-order valence-electron chi connectivity index (χ0n) is 25.5. The number of hydrogen-bond acceptors (Lipinski definition) is 11. The van der Waals surface area contributed by atoms with Crippen LogP contribution in [0.4, 0.5) is 4.79 Å². The second-order valence-electron chi connectivity index (χ2n) is 9.87. The maximum atomic E-state index is 12.6. The fourth-order valence-corrected chi connectivity index (χ4v) is 3.76. The van der Waals surface area contributed by atoms with Crippen LogP contribution in [0.15, 0.2) is 97.1 Å². The molecule has 12 nitrogen and oxygen atoms in total. The molecular weight excluding hydrogens is 598 g/mol. The molecule has 2 unspecified atom stereocenters. The predicted octanol–water partition coefficient (Wildman–Crippen LogP) is 4.65. The van der Waals surface area contributed by atoms with Gasteiger partial charge < -0.3 is 38.8 Å². The first-order chi connectivity index (χ1) is 22.1. The van der Waals surface area contributed by atoms with Gasteiger partial charge in [0, 0.05) is 23.8 Å². The van der Waals surface area contributed by atoms with Crippen LogP contribution in [-0.4, -0.2) is 61.6 Å². The van der Waals surface area contributed by atoms with E-state index < -0.39 is 30.3 Å². The van der Waals surface area contributed by atoms with E-state index in [-0.39, 0.29) is 30.6 Å². The summed E-state index contributed by atoms with van der Waals surface area (Å²) in [5.74, 6) is -0.659. The van der Waals surface area contributed by atoms with E-state index in [4.69, 9.17) is 28.4 Å². The number of ether oxygens (including phenoxy) is 6. The van der Waals surface area contributed by atoms with Gasteiger partial charge in [-0.15, -0.1) is 0 Å². The lowest BCUT2D eigenvalue weighted by atomic mass is 10.1. The van der Waals surface area contributed by atoms with Gasteiger partial charge in [0.1, 0.15) is 23.9 Å². The Morgan fingerprint density at radius 3 is 2.24 bits per heavy atom. The molecule has 1 aliphatic carbocycles. The Morgan fingerprint density at radius 2 is 1.59 bits per heavy atom. The Hall–Kier alpha value is -5.20. The van der Waals surface area contributed by atoms with E-state index in [1.165, 1.54) is 31.2 Å². The van der Waals surface area contributed by atoms with Crippen molar-refractivity contribution in [3.63, 3.8) is 0 Å². The monoisotopic (exact) mass is 635 g/mol. The fraction of sp³-hybridized carbons (Fsp3) is 0.294. The number of carbonyl (C=O) groups is 4. The second-order valence-corrected chi connectivity index (χ2v) is 9.87. The molecule has 2 atom stereocenters. The van der Waals surface area contributed by atoms with Gasteiger partial charge in [-0.25, -0.2) is 19.2 Å². The molecule has 0 heterocycles. The second kappa shape index (κ2) is 18.6. The zero-order chi connectivity index (χ0) is 33.3. The molecule has 2 aromatic carbocycles. The first-order valence-corrected chi connectivity index (χ1v) is 14.5. The summed E-state index contributed by atoms with van der Waals surface area (Å²) in [7, 11) is 0. The van der Waals surface area contributed by atoms with Gasteiger partial charge in [-0.1, -0.05) is 25.3 Å². The van der Waals surface area contributed by atoms with Crippen molar-refractivity contribution in [1.82, 2.24) is 5.32 Å². The van der Waals surface area contributed by atoms with Crippen molar-refractivity contribution in [1.29, 1.82) is 0 Å². The fourth-order valence-electron chi connectivity index (χ4n) is 3.76. The molecule has 2 aromatic rings. The maximum absolute atomic E-state index is 12.6. The van der Waals surface area contributed by atoms with Crippen LogP contribution in [0.2, 0.25) is 0 Å². The van der Waals surface area contributed by atoms with Crippen LogP contribution in [0, 0.1) is 0 Å². The van der Waals surface area contributed by atoms with Crippen molar-refractivity contribution in [3.8, 4) is 17.2 Å². The van der Waals surface area contributed by atoms with Crippen LogP contribution < -0.4 is 19.5 Å². The minimum Gasteiger partial charge on any atom is -0.463 e. The largest absolute Gasteiger partial charge is 0.463 e. The highest BCUT2D eigenvalue weighted by atomic mass is 16.6. The SMILES string of the molecule is C=CC(=O)OCCCCOC1C=CC(C(=O)Oc2ccc(OC(O)c3ccc(OC(=O)NCCOC(=O)C(=C)C)cc3)cc2)=CC1. The Bertz CT molecular complexity index is 1430.